The Morgan fingerprint density at radius 3 is 2.95 bits per heavy atom. The van der Waals surface area contributed by atoms with Crippen molar-refractivity contribution in [1.82, 2.24) is 0 Å². The van der Waals surface area contributed by atoms with Gasteiger partial charge in [-0.1, -0.05) is 0 Å². The molecule has 5 nitrogen and oxygen atoms in total. The van der Waals surface area contributed by atoms with Crippen molar-refractivity contribution in [2.45, 2.75) is 13.8 Å². The van der Waals surface area contributed by atoms with Crippen LogP contribution in [0.1, 0.15) is 27.9 Å². The highest BCUT2D eigenvalue weighted by Crippen LogP contribution is 2.28. The summed E-state index contributed by atoms with van der Waals surface area (Å²) in [7, 11) is 0. The van der Waals surface area contributed by atoms with E-state index >= 15 is 0 Å². The van der Waals surface area contributed by atoms with Crippen LogP contribution in [0, 0.1) is 6.92 Å². The number of esters is 1. The second-order valence-corrected chi connectivity index (χ2v) is 5.41. The fraction of sp³-hybridized carbons (Fsp3) is 0.200. The number of anilines is 1. The summed E-state index contributed by atoms with van der Waals surface area (Å²) in [4.78, 5) is 24.6. The standard InChI is InChI=1S/C15H15NO4S/c1-3-19-15(18)12-9-10(2)21-14(12)16-13(17)7-6-11-5-4-8-20-11/h4-9H,3H2,1-2H3,(H,16,17). The molecule has 0 radical (unpaired) electrons. The number of hydrogen-bond acceptors (Lipinski definition) is 5. The third-order valence-corrected chi connectivity index (χ3v) is 3.50. The van der Waals surface area contributed by atoms with E-state index in [-0.39, 0.29) is 5.91 Å². The van der Waals surface area contributed by atoms with Crippen molar-refractivity contribution < 1.29 is 18.7 Å². The molecule has 2 aromatic heterocycles. The second-order valence-electron chi connectivity index (χ2n) is 4.16. The number of carbonyl (C=O) groups is 2. The van der Waals surface area contributed by atoms with Crippen molar-refractivity contribution in [2.75, 3.05) is 11.9 Å². The molecule has 0 unspecified atom stereocenters. The van der Waals surface area contributed by atoms with Gasteiger partial charge in [-0.3, -0.25) is 4.79 Å². The predicted octanol–water partition coefficient (Wildman–Crippen LogP) is 3.48. The summed E-state index contributed by atoms with van der Waals surface area (Å²) >= 11 is 1.33. The molecule has 0 saturated carbocycles. The summed E-state index contributed by atoms with van der Waals surface area (Å²) in [6.07, 6.45) is 4.43. The van der Waals surface area contributed by atoms with Crippen LogP contribution in [0.3, 0.4) is 0 Å². The molecule has 1 amide bonds. The lowest BCUT2D eigenvalue weighted by Crippen LogP contribution is -2.11. The van der Waals surface area contributed by atoms with Crippen LogP contribution in [0.2, 0.25) is 0 Å². The van der Waals surface area contributed by atoms with Gasteiger partial charge in [-0.25, -0.2) is 4.79 Å². The van der Waals surface area contributed by atoms with Gasteiger partial charge in [-0.15, -0.1) is 11.3 Å². The summed E-state index contributed by atoms with van der Waals surface area (Å²) in [5.41, 5.74) is 0.374. The zero-order chi connectivity index (χ0) is 15.2. The molecular weight excluding hydrogens is 290 g/mol. The first-order valence-electron chi connectivity index (χ1n) is 6.40. The minimum absolute atomic E-state index is 0.291. The van der Waals surface area contributed by atoms with Gasteiger partial charge in [-0.2, -0.15) is 0 Å². The molecule has 2 rings (SSSR count). The Labute approximate surface area is 126 Å². The monoisotopic (exact) mass is 305 g/mol. The van der Waals surface area contributed by atoms with Gasteiger partial charge in [0.1, 0.15) is 10.8 Å². The summed E-state index contributed by atoms with van der Waals surface area (Å²) in [6.45, 7) is 3.89. The van der Waals surface area contributed by atoms with Crippen molar-refractivity contribution in [3.8, 4) is 0 Å². The largest absolute Gasteiger partial charge is 0.465 e. The molecular formula is C15H15NO4S. The summed E-state index contributed by atoms with van der Waals surface area (Å²) in [5.74, 6) is -0.191. The van der Waals surface area contributed by atoms with E-state index in [9.17, 15) is 9.59 Å². The third kappa shape index (κ3) is 4.06. The number of carbonyl (C=O) groups excluding carboxylic acids is 2. The number of rotatable bonds is 5. The highest BCUT2D eigenvalue weighted by atomic mass is 32.1. The normalized spacial score (nSPS) is 10.8. The molecule has 6 heteroatoms. The number of ether oxygens (including phenoxy) is 1. The highest BCUT2D eigenvalue weighted by Gasteiger charge is 2.17. The highest BCUT2D eigenvalue weighted by molar-refractivity contribution is 7.16. The van der Waals surface area contributed by atoms with Crippen molar-refractivity contribution in [1.29, 1.82) is 0 Å². The molecule has 0 saturated heterocycles. The molecule has 0 aliphatic rings. The Hall–Kier alpha value is -2.34. The van der Waals surface area contributed by atoms with E-state index in [1.54, 1.807) is 31.2 Å². The Balaban J connectivity index is 2.08. The molecule has 0 aromatic carbocycles. The third-order valence-electron chi connectivity index (χ3n) is 2.53. The maximum Gasteiger partial charge on any atom is 0.341 e. The van der Waals surface area contributed by atoms with Crippen LogP contribution in [0.5, 0.6) is 0 Å². The molecule has 0 fully saturated rings. The minimum atomic E-state index is -0.438. The first-order valence-corrected chi connectivity index (χ1v) is 7.22. The van der Waals surface area contributed by atoms with Crippen LogP contribution in [0.25, 0.3) is 6.08 Å². The lowest BCUT2D eigenvalue weighted by molar-refractivity contribution is -0.111. The van der Waals surface area contributed by atoms with Crippen molar-refractivity contribution >= 4 is 34.3 Å². The van der Waals surface area contributed by atoms with Gasteiger partial charge in [0, 0.05) is 11.0 Å². The fourth-order valence-electron chi connectivity index (χ4n) is 1.67. The first-order chi connectivity index (χ1) is 10.1. The predicted molar refractivity (Wildman–Crippen MR) is 81.4 cm³/mol. The van der Waals surface area contributed by atoms with Gasteiger partial charge in [0.25, 0.3) is 0 Å². The van der Waals surface area contributed by atoms with Crippen LogP contribution in [-0.4, -0.2) is 18.5 Å². The van der Waals surface area contributed by atoms with E-state index in [0.717, 1.165) is 4.88 Å². The summed E-state index contributed by atoms with van der Waals surface area (Å²) in [5, 5.41) is 3.17. The lowest BCUT2D eigenvalue weighted by Gasteiger charge is -2.03. The Morgan fingerprint density at radius 1 is 1.48 bits per heavy atom. The number of hydrogen-bond donors (Lipinski definition) is 1. The van der Waals surface area contributed by atoms with Crippen LogP contribution in [-0.2, 0) is 9.53 Å². The van der Waals surface area contributed by atoms with E-state index in [1.807, 2.05) is 6.92 Å². The minimum Gasteiger partial charge on any atom is -0.465 e. The van der Waals surface area contributed by atoms with Gasteiger partial charge in [0.15, 0.2) is 0 Å². The number of nitrogens with one attached hydrogen (secondary N) is 1. The van der Waals surface area contributed by atoms with E-state index in [0.29, 0.717) is 22.9 Å². The number of amides is 1. The molecule has 21 heavy (non-hydrogen) atoms. The zero-order valence-corrected chi connectivity index (χ0v) is 12.5. The number of thiophene rings is 1. The summed E-state index contributed by atoms with van der Waals surface area (Å²) < 4.78 is 10.1. The number of furan rings is 1. The van der Waals surface area contributed by atoms with Crippen molar-refractivity contribution in [3.05, 3.63) is 46.7 Å². The molecule has 0 bridgehead atoms. The average Bonchev–Trinajstić information content (AvgIpc) is 3.06. The molecule has 0 atom stereocenters. The smallest absolute Gasteiger partial charge is 0.341 e. The van der Waals surface area contributed by atoms with Crippen molar-refractivity contribution in [3.63, 3.8) is 0 Å². The maximum absolute atomic E-state index is 11.9. The summed E-state index contributed by atoms with van der Waals surface area (Å²) in [6, 6.07) is 5.18. The van der Waals surface area contributed by atoms with Gasteiger partial charge < -0.3 is 14.5 Å². The van der Waals surface area contributed by atoms with Gasteiger partial charge in [-0.05, 0) is 38.1 Å². The van der Waals surface area contributed by atoms with Crippen LogP contribution in [0.15, 0.2) is 35.0 Å². The van der Waals surface area contributed by atoms with Gasteiger partial charge in [0.05, 0.1) is 18.4 Å². The molecule has 1 N–H and O–H groups in total. The van der Waals surface area contributed by atoms with Gasteiger partial charge in [0.2, 0.25) is 5.91 Å². The molecule has 0 aliphatic heterocycles. The van der Waals surface area contributed by atoms with E-state index in [2.05, 4.69) is 5.32 Å². The molecule has 2 heterocycles. The van der Waals surface area contributed by atoms with Crippen LogP contribution < -0.4 is 5.32 Å². The quantitative estimate of drug-likeness (QED) is 0.678. The molecule has 2 aromatic rings. The molecule has 0 spiro atoms. The van der Waals surface area contributed by atoms with Crippen molar-refractivity contribution in [2.24, 2.45) is 0 Å². The first kappa shape index (κ1) is 15.1. The fourth-order valence-corrected chi connectivity index (χ4v) is 2.57. The zero-order valence-electron chi connectivity index (χ0n) is 11.7. The molecule has 0 aliphatic carbocycles. The maximum atomic E-state index is 11.9. The van der Waals surface area contributed by atoms with E-state index < -0.39 is 5.97 Å². The van der Waals surface area contributed by atoms with Gasteiger partial charge >= 0.3 is 5.97 Å². The molecule has 110 valence electrons. The van der Waals surface area contributed by atoms with E-state index in [1.165, 1.54) is 23.7 Å². The topological polar surface area (TPSA) is 68.5 Å². The number of aryl methyl sites for hydroxylation is 1. The van der Waals surface area contributed by atoms with E-state index in [4.69, 9.17) is 9.15 Å². The van der Waals surface area contributed by atoms with Crippen LogP contribution >= 0.6 is 11.3 Å². The Kier molecular flexibility index (Phi) is 4.94. The van der Waals surface area contributed by atoms with Crippen LogP contribution in [0.4, 0.5) is 5.00 Å². The lowest BCUT2D eigenvalue weighted by atomic mass is 10.3. The SMILES string of the molecule is CCOC(=O)c1cc(C)sc1NC(=O)C=Cc1ccco1. The average molecular weight is 305 g/mol. The second kappa shape index (κ2) is 6.90. The Bertz CT molecular complexity index is 655. The Morgan fingerprint density at radius 2 is 2.29 bits per heavy atom.